The van der Waals surface area contributed by atoms with Crippen molar-refractivity contribution >= 4 is 41.6 Å². The van der Waals surface area contributed by atoms with Crippen LogP contribution in [0.25, 0.3) is 0 Å². The zero-order chi connectivity index (χ0) is 31.4. The summed E-state index contributed by atoms with van der Waals surface area (Å²) in [4.78, 5) is 15.8. The molecule has 45 heavy (non-hydrogen) atoms. The highest BCUT2D eigenvalue weighted by Gasteiger charge is 2.18. The van der Waals surface area contributed by atoms with Crippen LogP contribution in [0.15, 0.2) is 107 Å². The number of methoxy groups -OCH3 is 4. The zero-order valence-electron chi connectivity index (χ0n) is 25.2. The second-order valence-electron chi connectivity index (χ2n) is 9.26. The third-order valence-corrected chi connectivity index (χ3v) is 6.42. The summed E-state index contributed by atoms with van der Waals surface area (Å²) >= 11 is 0. The topological polar surface area (TPSA) is 128 Å². The van der Waals surface area contributed by atoms with Gasteiger partial charge in [-0.25, -0.2) is 10.9 Å². The number of hydrogen-bond donors (Lipinski definition) is 2. The smallest absolute Gasteiger partial charge is 0.250 e. The van der Waals surface area contributed by atoms with Gasteiger partial charge < -0.3 is 18.9 Å². The molecular weight excluding hydrogens is 572 g/mol. The fraction of sp³-hybridized carbons (Fsp3) is 0.121. The van der Waals surface area contributed by atoms with Gasteiger partial charge in [0.1, 0.15) is 0 Å². The molecule has 1 heterocycles. The van der Waals surface area contributed by atoms with E-state index in [-0.39, 0.29) is 11.9 Å². The van der Waals surface area contributed by atoms with E-state index in [1.54, 1.807) is 53.0 Å². The molecule has 12 nitrogen and oxygen atoms in total. The lowest BCUT2D eigenvalue weighted by atomic mass is 10.2. The van der Waals surface area contributed by atoms with Crippen LogP contribution in [0.3, 0.4) is 0 Å². The first-order valence-corrected chi connectivity index (χ1v) is 13.8. The highest BCUT2D eigenvalue weighted by atomic mass is 16.5. The van der Waals surface area contributed by atoms with Crippen molar-refractivity contribution in [3.63, 3.8) is 0 Å². The molecule has 5 aromatic rings. The molecule has 0 amide bonds. The molecule has 228 valence electrons. The molecule has 0 aliphatic heterocycles. The van der Waals surface area contributed by atoms with E-state index in [0.717, 1.165) is 22.5 Å². The van der Waals surface area contributed by atoms with Gasteiger partial charge in [-0.2, -0.15) is 25.2 Å². The molecule has 0 spiro atoms. The quantitative estimate of drug-likeness (QED) is 0.117. The SMILES string of the molecule is COc1ccc(/C=N/Nc2nc(N/N=C/c3ccc(OC)c(OC)c3)nc(N(c3ccccc3)c3ccccc3)n2)cc1OC. The first-order valence-electron chi connectivity index (χ1n) is 13.8. The minimum absolute atomic E-state index is 0.192. The van der Waals surface area contributed by atoms with Crippen molar-refractivity contribution in [2.45, 2.75) is 0 Å². The monoisotopic (exact) mass is 604 g/mol. The summed E-state index contributed by atoms with van der Waals surface area (Å²) in [5.74, 6) is 3.14. The third-order valence-electron chi connectivity index (χ3n) is 6.42. The van der Waals surface area contributed by atoms with Crippen molar-refractivity contribution in [1.29, 1.82) is 0 Å². The van der Waals surface area contributed by atoms with Crippen molar-refractivity contribution in [2.24, 2.45) is 10.2 Å². The largest absolute Gasteiger partial charge is 0.493 e. The Morgan fingerprint density at radius 3 is 1.36 bits per heavy atom. The highest BCUT2D eigenvalue weighted by molar-refractivity contribution is 5.82. The number of anilines is 5. The van der Waals surface area contributed by atoms with Crippen molar-refractivity contribution in [2.75, 3.05) is 44.2 Å². The van der Waals surface area contributed by atoms with Crippen LogP contribution < -0.4 is 34.7 Å². The Hall–Kier alpha value is -6.17. The summed E-state index contributed by atoms with van der Waals surface area (Å²) in [6, 6.07) is 30.5. The lowest BCUT2D eigenvalue weighted by Crippen LogP contribution is -2.16. The van der Waals surface area contributed by atoms with E-state index in [4.69, 9.17) is 28.9 Å². The van der Waals surface area contributed by atoms with Gasteiger partial charge in [-0.3, -0.25) is 4.90 Å². The van der Waals surface area contributed by atoms with Crippen LogP contribution in [0, 0.1) is 0 Å². The molecule has 0 radical (unpaired) electrons. The van der Waals surface area contributed by atoms with Crippen molar-refractivity contribution in [1.82, 2.24) is 15.0 Å². The molecule has 4 aromatic carbocycles. The molecule has 0 saturated heterocycles. The minimum Gasteiger partial charge on any atom is -0.493 e. The Balaban J connectivity index is 1.48. The number of benzene rings is 4. The van der Waals surface area contributed by atoms with Crippen LogP contribution in [0.4, 0.5) is 29.2 Å². The number of para-hydroxylation sites is 2. The summed E-state index contributed by atoms with van der Waals surface area (Å²) < 4.78 is 21.4. The molecule has 0 aliphatic rings. The Kier molecular flexibility index (Phi) is 9.98. The maximum Gasteiger partial charge on any atom is 0.250 e. The predicted octanol–water partition coefficient (Wildman–Crippen LogP) is 6.27. The van der Waals surface area contributed by atoms with Gasteiger partial charge >= 0.3 is 0 Å². The van der Waals surface area contributed by atoms with Crippen LogP contribution >= 0.6 is 0 Å². The number of nitrogens with one attached hydrogen (secondary N) is 2. The van der Waals surface area contributed by atoms with Gasteiger partial charge in [0.05, 0.1) is 40.9 Å². The van der Waals surface area contributed by atoms with Crippen LogP contribution in [0.5, 0.6) is 23.0 Å². The van der Waals surface area contributed by atoms with Gasteiger partial charge in [-0.1, -0.05) is 36.4 Å². The summed E-state index contributed by atoms with van der Waals surface area (Å²) in [6.45, 7) is 0. The van der Waals surface area contributed by atoms with Crippen LogP contribution in [0.2, 0.25) is 0 Å². The van der Waals surface area contributed by atoms with Crippen molar-refractivity contribution < 1.29 is 18.9 Å². The highest BCUT2D eigenvalue weighted by Crippen LogP contribution is 2.33. The molecule has 1 aromatic heterocycles. The summed E-state index contributed by atoms with van der Waals surface area (Å²) in [6.07, 6.45) is 3.25. The number of ether oxygens (including phenoxy) is 4. The number of aromatic nitrogens is 3. The van der Waals surface area contributed by atoms with E-state index in [1.165, 1.54) is 0 Å². The minimum atomic E-state index is 0.192. The Morgan fingerprint density at radius 2 is 0.956 bits per heavy atom. The number of hydrazone groups is 2. The molecule has 5 rings (SSSR count). The first kappa shape index (κ1) is 30.3. The zero-order valence-corrected chi connectivity index (χ0v) is 25.2. The molecule has 0 saturated carbocycles. The van der Waals surface area contributed by atoms with Gasteiger partial charge in [0.2, 0.25) is 17.8 Å². The predicted molar refractivity (Wildman–Crippen MR) is 176 cm³/mol. The maximum absolute atomic E-state index is 5.40. The van der Waals surface area contributed by atoms with E-state index in [1.807, 2.05) is 89.8 Å². The second-order valence-corrected chi connectivity index (χ2v) is 9.26. The van der Waals surface area contributed by atoms with Gasteiger partial charge in [-0.05, 0) is 71.8 Å². The molecule has 0 unspecified atom stereocenters. The number of rotatable bonds is 13. The summed E-state index contributed by atoms with van der Waals surface area (Å²) in [5, 5.41) is 8.72. The molecule has 2 N–H and O–H groups in total. The lowest BCUT2D eigenvalue weighted by molar-refractivity contribution is 0.355. The second kappa shape index (κ2) is 14.8. The van der Waals surface area contributed by atoms with E-state index in [9.17, 15) is 0 Å². The fourth-order valence-electron chi connectivity index (χ4n) is 4.29. The van der Waals surface area contributed by atoms with Crippen LogP contribution in [-0.4, -0.2) is 55.8 Å². The molecule has 12 heteroatoms. The van der Waals surface area contributed by atoms with E-state index in [2.05, 4.69) is 26.0 Å². The molecule has 0 bridgehead atoms. The average molecular weight is 605 g/mol. The Bertz CT molecular complexity index is 1640. The summed E-state index contributed by atoms with van der Waals surface area (Å²) in [7, 11) is 6.33. The first-order chi connectivity index (χ1) is 22.1. The van der Waals surface area contributed by atoms with Crippen LogP contribution in [0.1, 0.15) is 11.1 Å². The maximum atomic E-state index is 5.40. The van der Waals surface area contributed by atoms with Gasteiger partial charge in [0, 0.05) is 11.4 Å². The van der Waals surface area contributed by atoms with Crippen LogP contribution in [-0.2, 0) is 0 Å². The van der Waals surface area contributed by atoms with Crippen molar-refractivity contribution in [3.05, 3.63) is 108 Å². The van der Waals surface area contributed by atoms with E-state index < -0.39 is 0 Å². The van der Waals surface area contributed by atoms with Gasteiger partial charge in [0.15, 0.2) is 23.0 Å². The Labute approximate surface area is 261 Å². The normalized spacial score (nSPS) is 10.9. The standard InChI is InChI=1S/C33H32N8O4/c1-42-27-17-15-23(19-29(27)44-3)21-34-39-31-36-32(40-35-22-24-16-18-28(43-2)30(20-24)45-4)38-33(37-31)41(25-11-7-5-8-12-25)26-13-9-6-10-14-26/h5-22H,1-4H3,(H2,36,37,38,39,40)/b34-21+,35-22+. The molecule has 0 aliphatic carbocycles. The number of hydrogen-bond acceptors (Lipinski definition) is 12. The third kappa shape index (κ3) is 7.62. The van der Waals surface area contributed by atoms with E-state index >= 15 is 0 Å². The van der Waals surface area contributed by atoms with Gasteiger partial charge in [-0.15, -0.1) is 0 Å². The Morgan fingerprint density at radius 1 is 0.533 bits per heavy atom. The number of nitrogens with zero attached hydrogens (tertiary/aromatic N) is 6. The molecule has 0 atom stereocenters. The lowest BCUT2D eigenvalue weighted by Gasteiger charge is -2.23. The van der Waals surface area contributed by atoms with E-state index in [0.29, 0.717) is 28.9 Å². The molecule has 0 fully saturated rings. The molecular formula is C33H32N8O4. The summed E-state index contributed by atoms with van der Waals surface area (Å²) in [5.41, 5.74) is 9.11. The van der Waals surface area contributed by atoms with Gasteiger partial charge in [0.25, 0.3) is 0 Å². The van der Waals surface area contributed by atoms with Crippen molar-refractivity contribution in [3.8, 4) is 23.0 Å². The average Bonchev–Trinajstić information content (AvgIpc) is 3.09. The fourth-order valence-corrected chi connectivity index (χ4v) is 4.29.